The number of ketones is 1. The van der Waals surface area contributed by atoms with E-state index in [2.05, 4.69) is 6.07 Å². The van der Waals surface area contributed by atoms with E-state index in [1.54, 1.807) is 31.2 Å². The first-order valence-corrected chi connectivity index (χ1v) is 6.47. The number of hydrogen-bond donors (Lipinski definition) is 0. The zero-order chi connectivity index (χ0) is 13.6. The lowest BCUT2D eigenvalue weighted by Gasteiger charge is -2.18. The molecule has 0 aromatic heterocycles. The summed E-state index contributed by atoms with van der Waals surface area (Å²) >= 11 is 0.990. The molecule has 0 aliphatic rings. The average Bonchev–Trinajstić information content (AvgIpc) is 2.37. The molecule has 18 heavy (non-hydrogen) atoms. The van der Waals surface area contributed by atoms with E-state index >= 15 is 0 Å². The Morgan fingerprint density at radius 3 is 2.44 bits per heavy atom. The highest BCUT2D eigenvalue weighted by molar-refractivity contribution is 8.15. The molecule has 1 aromatic rings. The Labute approximate surface area is 111 Å². The second-order valence-electron chi connectivity index (χ2n) is 4.30. The van der Waals surface area contributed by atoms with E-state index < -0.39 is 4.75 Å². The largest absolute Gasteiger partial charge is 0.300 e. The highest BCUT2D eigenvalue weighted by atomic mass is 32.2. The lowest BCUT2D eigenvalue weighted by Crippen LogP contribution is -2.21. The van der Waals surface area contributed by atoms with E-state index in [0.717, 1.165) is 11.8 Å². The number of carbonyl (C=O) groups is 2. The van der Waals surface area contributed by atoms with Crippen LogP contribution in [0.25, 0.3) is 0 Å². The van der Waals surface area contributed by atoms with Crippen molar-refractivity contribution < 1.29 is 9.59 Å². The Balaban J connectivity index is 2.72. The highest BCUT2D eigenvalue weighted by Crippen LogP contribution is 2.32. The molecule has 0 bridgehead atoms. The van der Waals surface area contributed by atoms with Crippen LogP contribution in [0.2, 0.25) is 0 Å². The molecule has 1 atom stereocenters. The van der Waals surface area contributed by atoms with E-state index in [4.69, 9.17) is 5.26 Å². The summed E-state index contributed by atoms with van der Waals surface area (Å²) in [6.45, 7) is 3.18. The van der Waals surface area contributed by atoms with Crippen LogP contribution in [-0.4, -0.2) is 15.6 Å². The molecule has 3 nitrogen and oxygen atoms in total. The van der Waals surface area contributed by atoms with Crippen LogP contribution in [0.4, 0.5) is 0 Å². The minimum absolute atomic E-state index is 0.0317. The van der Waals surface area contributed by atoms with Gasteiger partial charge >= 0.3 is 0 Å². The van der Waals surface area contributed by atoms with Crippen LogP contribution in [0.5, 0.6) is 0 Å². The molecular weight excluding hydrogens is 246 g/mol. The van der Waals surface area contributed by atoms with Gasteiger partial charge in [-0.3, -0.25) is 4.79 Å². The molecule has 4 heteroatoms. The number of nitrogens with zero attached hydrogens (tertiary/aromatic N) is 1. The normalized spacial score (nSPS) is 13.4. The van der Waals surface area contributed by atoms with Gasteiger partial charge in [0.1, 0.15) is 10.5 Å². The molecule has 0 aliphatic carbocycles. The van der Waals surface area contributed by atoms with Gasteiger partial charge < -0.3 is 4.79 Å². The predicted molar refractivity (Wildman–Crippen MR) is 72.3 cm³/mol. The summed E-state index contributed by atoms with van der Waals surface area (Å²) in [7, 11) is 0. The molecule has 0 aliphatic heterocycles. The third kappa shape index (κ3) is 4.34. The molecule has 0 spiro atoms. The fourth-order valence-corrected chi connectivity index (χ4v) is 2.29. The van der Waals surface area contributed by atoms with Gasteiger partial charge in [0.2, 0.25) is 5.12 Å². The Morgan fingerprint density at radius 2 is 1.94 bits per heavy atom. The summed E-state index contributed by atoms with van der Waals surface area (Å²) < 4.78 is -0.849. The molecule has 0 saturated carbocycles. The molecule has 0 saturated heterocycles. The van der Waals surface area contributed by atoms with Crippen LogP contribution in [0.1, 0.15) is 37.0 Å². The zero-order valence-corrected chi connectivity index (χ0v) is 11.3. The van der Waals surface area contributed by atoms with Gasteiger partial charge in [-0.1, -0.05) is 42.1 Å². The molecule has 94 valence electrons. The maximum atomic E-state index is 12.0. The quantitative estimate of drug-likeness (QED) is 0.816. The van der Waals surface area contributed by atoms with E-state index in [0.29, 0.717) is 18.4 Å². The van der Waals surface area contributed by atoms with Gasteiger partial charge in [0.15, 0.2) is 0 Å². The van der Waals surface area contributed by atoms with E-state index in [1.807, 2.05) is 6.07 Å². The topological polar surface area (TPSA) is 57.9 Å². The van der Waals surface area contributed by atoms with Crippen LogP contribution in [0.3, 0.4) is 0 Å². The van der Waals surface area contributed by atoms with Gasteiger partial charge in [-0.15, -0.1) is 0 Å². The van der Waals surface area contributed by atoms with E-state index in [1.165, 1.54) is 6.92 Å². The monoisotopic (exact) mass is 261 g/mol. The maximum absolute atomic E-state index is 12.0. The molecule has 0 amide bonds. The smallest absolute Gasteiger partial charge is 0.220 e. The van der Waals surface area contributed by atoms with Crippen molar-refractivity contribution in [2.75, 3.05) is 0 Å². The summed E-state index contributed by atoms with van der Waals surface area (Å²) in [6.07, 6.45) is 0.710. The van der Waals surface area contributed by atoms with Crippen LogP contribution in [-0.2, 0) is 4.79 Å². The van der Waals surface area contributed by atoms with Gasteiger partial charge in [-0.25, -0.2) is 0 Å². The fraction of sp³-hybridized carbons (Fsp3) is 0.357. The standard InChI is InChI=1S/C14H15NO2S/c1-11(16)8-9-14(2,10-15)18-13(17)12-6-4-3-5-7-12/h3-7H,8-9H2,1-2H3. The summed E-state index contributed by atoms with van der Waals surface area (Å²) in [6, 6.07) is 11.0. The molecule has 0 fully saturated rings. The Morgan fingerprint density at radius 1 is 1.33 bits per heavy atom. The van der Waals surface area contributed by atoms with E-state index in [-0.39, 0.29) is 10.9 Å². The van der Waals surface area contributed by atoms with Crippen LogP contribution in [0.15, 0.2) is 30.3 Å². The highest BCUT2D eigenvalue weighted by Gasteiger charge is 2.29. The molecule has 1 rings (SSSR count). The first kappa shape index (κ1) is 14.5. The number of thioether (sulfide) groups is 1. The van der Waals surface area contributed by atoms with Crippen molar-refractivity contribution in [3.63, 3.8) is 0 Å². The van der Waals surface area contributed by atoms with Gasteiger partial charge in [0.05, 0.1) is 6.07 Å². The Hall–Kier alpha value is -1.60. The van der Waals surface area contributed by atoms with Crippen LogP contribution in [0, 0.1) is 11.3 Å². The summed E-state index contributed by atoms with van der Waals surface area (Å²) in [4.78, 5) is 22.9. The van der Waals surface area contributed by atoms with Crippen molar-refractivity contribution in [1.29, 1.82) is 5.26 Å². The second kappa shape index (κ2) is 6.36. The number of carbonyl (C=O) groups excluding carboxylic acids is 2. The van der Waals surface area contributed by atoms with Gasteiger partial charge in [-0.2, -0.15) is 5.26 Å². The van der Waals surface area contributed by atoms with Crippen molar-refractivity contribution in [2.24, 2.45) is 0 Å². The number of rotatable bonds is 5. The summed E-state index contributed by atoms with van der Waals surface area (Å²) in [5.74, 6) is 0.0317. The van der Waals surface area contributed by atoms with Crippen molar-refractivity contribution in [3.05, 3.63) is 35.9 Å². The lowest BCUT2D eigenvalue weighted by atomic mass is 10.1. The molecule has 0 N–H and O–H groups in total. The minimum atomic E-state index is -0.849. The van der Waals surface area contributed by atoms with Crippen molar-refractivity contribution >= 4 is 22.7 Å². The van der Waals surface area contributed by atoms with Crippen molar-refractivity contribution in [3.8, 4) is 6.07 Å². The predicted octanol–water partition coefficient (Wildman–Crippen LogP) is 3.21. The van der Waals surface area contributed by atoms with Crippen LogP contribution < -0.4 is 0 Å². The minimum Gasteiger partial charge on any atom is -0.300 e. The first-order chi connectivity index (χ1) is 8.47. The lowest BCUT2D eigenvalue weighted by molar-refractivity contribution is -0.117. The van der Waals surface area contributed by atoms with Crippen molar-refractivity contribution in [2.45, 2.75) is 31.4 Å². The Bertz CT molecular complexity index is 478. The molecule has 0 radical (unpaired) electrons. The second-order valence-corrected chi connectivity index (χ2v) is 5.78. The van der Waals surface area contributed by atoms with Gasteiger partial charge in [0, 0.05) is 12.0 Å². The summed E-state index contributed by atoms with van der Waals surface area (Å²) in [5.41, 5.74) is 0.576. The fourth-order valence-electron chi connectivity index (χ4n) is 1.38. The van der Waals surface area contributed by atoms with E-state index in [9.17, 15) is 9.59 Å². The molecule has 0 heterocycles. The summed E-state index contributed by atoms with van der Waals surface area (Å²) in [5, 5.41) is 9.02. The number of Topliss-reactive ketones (excluding diaryl/α,β-unsaturated/α-hetero) is 1. The maximum Gasteiger partial charge on any atom is 0.220 e. The van der Waals surface area contributed by atoms with Gasteiger partial charge in [-0.05, 0) is 20.3 Å². The molecule has 1 unspecified atom stereocenters. The average molecular weight is 261 g/mol. The SMILES string of the molecule is CC(=O)CCC(C)(C#N)SC(=O)c1ccccc1. The third-order valence-electron chi connectivity index (χ3n) is 2.52. The number of hydrogen-bond acceptors (Lipinski definition) is 4. The van der Waals surface area contributed by atoms with Crippen LogP contribution >= 0.6 is 11.8 Å². The molecule has 1 aromatic carbocycles. The number of benzene rings is 1. The first-order valence-electron chi connectivity index (χ1n) is 5.66. The number of nitriles is 1. The van der Waals surface area contributed by atoms with Crippen molar-refractivity contribution in [1.82, 2.24) is 0 Å². The zero-order valence-electron chi connectivity index (χ0n) is 10.5. The van der Waals surface area contributed by atoms with Gasteiger partial charge in [0.25, 0.3) is 0 Å². The molecular formula is C14H15NO2S. The third-order valence-corrected chi connectivity index (χ3v) is 3.69. The Kier molecular flexibility index (Phi) is 5.11.